The monoisotopic (exact) mass is 490 g/mol. The number of carbonyl (C=O) groups excluding carboxylic acids is 1. The molecule has 0 unspecified atom stereocenters. The SMILES string of the molecule is CN=C(NCCOc1ccc(OC)cc1)NCCC(=O)NC1CCCC1.I. The third kappa shape index (κ3) is 9.16. The van der Waals surface area contributed by atoms with Gasteiger partial charge in [-0.25, -0.2) is 0 Å². The van der Waals surface area contributed by atoms with E-state index in [1.54, 1.807) is 14.2 Å². The number of methoxy groups -OCH3 is 1. The number of ether oxygens (including phenoxy) is 2. The van der Waals surface area contributed by atoms with Crippen LogP contribution in [0.4, 0.5) is 0 Å². The fourth-order valence-corrected chi connectivity index (χ4v) is 2.90. The molecule has 152 valence electrons. The van der Waals surface area contributed by atoms with Gasteiger partial charge in [-0.15, -0.1) is 24.0 Å². The molecule has 1 aromatic rings. The molecule has 2 rings (SSSR count). The van der Waals surface area contributed by atoms with Crippen LogP contribution in [0.15, 0.2) is 29.3 Å². The van der Waals surface area contributed by atoms with Crippen LogP contribution in [0, 0.1) is 0 Å². The summed E-state index contributed by atoms with van der Waals surface area (Å²) >= 11 is 0. The first-order valence-corrected chi connectivity index (χ1v) is 9.22. The van der Waals surface area contributed by atoms with Crippen LogP contribution in [-0.4, -0.2) is 51.8 Å². The Kier molecular flexibility index (Phi) is 11.6. The normalized spacial score (nSPS) is 14.2. The molecule has 0 spiro atoms. The second-order valence-electron chi connectivity index (χ2n) is 6.25. The Labute approximate surface area is 178 Å². The molecule has 0 radical (unpaired) electrons. The molecule has 1 fully saturated rings. The quantitative estimate of drug-likeness (QED) is 0.214. The molecule has 7 nitrogen and oxygen atoms in total. The summed E-state index contributed by atoms with van der Waals surface area (Å²) in [5.74, 6) is 2.36. The highest BCUT2D eigenvalue weighted by molar-refractivity contribution is 14.0. The summed E-state index contributed by atoms with van der Waals surface area (Å²) < 4.78 is 10.8. The number of nitrogens with one attached hydrogen (secondary N) is 3. The summed E-state index contributed by atoms with van der Waals surface area (Å²) in [6, 6.07) is 7.83. The van der Waals surface area contributed by atoms with Crippen LogP contribution in [0.5, 0.6) is 11.5 Å². The molecule has 0 saturated heterocycles. The predicted octanol–water partition coefficient (Wildman–Crippen LogP) is 2.31. The van der Waals surface area contributed by atoms with Crippen molar-refractivity contribution >= 4 is 35.8 Å². The van der Waals surface area contributed by atoms with E-state index in [9.17, 15) is 4.79 Å². The van der Waals surface area contributed by atoms with Crippen LogP contribution in [-0.2, 0) is 4.79 Å². The molecule has 1 aromatic carbocycles. The minimum atomic E-state index is 0. The molecule has 1 aliphatic rings. The standard InChI is InChI=1S/C19H30N4O3.HI/c1-20-19(21-12-11-18(24)23-15-5-3-4-6-15)22-13-14-26-17-9-7-16(25-2)8-10-17;/h7-10,15H,3-6,11-14H2,1-2H3,(H,23,24)(H2,20,21,22);1H. The number of nitrogens with zero attached hydrogens (tertiary/aromatic N) is 1. The van der Waals surface area contributed by atoms with Crippen molar-refractivity contribution in [2.24, 2.45) is 4.99 Å². The fraction of sp³-hybridized carbons (Fsp3) is 0.579. The van der Waals surface area contributed by atoms with Crippen LogP contribution in [0.1, 0.15) is 32.1 Å². The lowest BCUT2D eigenvalue weighted by Crippen LogP contribution is -2.41. The summed E-state index contributed by atoms with van der Waals surface area (Å²) in [6.45, 7) is 1.67. The molecular formula is C19H31IN4O3. The maximum atomic E-state index is 11.9. The number of hydrogen-bond acceptors (Lipinski definition) is 4. The van der Waals surface area contributed by atoms with E-state index in [4.69, 9.17) is 9.47 Å². The third-order valence-corrected chi connectivity index (χ3v) is 4.31. The number of halogens is 1. The molecule has 3 N–H and O–H groups in total. The summed E-state index contributed by atoms with van der Waals surface area (Å²) in [5.41, 5.74) is 0. The van der Waals surface area contributed by atoms with Crippen LogP contribution in [0.2, 0.25) is 0 Å². The lowest BCUT2D eigenvalue weighted by atomic mass is 10.2. The topological polar surface area (TPSA) is 84.0 Å². The lowest BCUT2D eigenvalue weighted by molar-refractivity contribution is -0.121. The first-order chi connectivity index (χ1) is 12.7. The van der Waals surface area contributed by atoms with E-state index in [2.05, 4.69) is 20.9 Å². The molecule has 1 saturated carbocycles. The van der Waals surface area contributed by atoms with Gasteiger partial charge in [-0.05, 0) is 37.1 Å². The van der Waals surface area contributed by atoms with Crippen LogP contribution < -0.4 is 25.4 Å². The molecular weight excluding hydrogens is 459 g/mol. The van der Waals surface area contributed by atoms with Crippen molar-refractivity contribution in [3.63, 3.8) is 0 Å². The number of guanidine groups is 1. The van der Waals surface area contributed by atoms with Crippen molar-refractivity contribution in [3.8, 4) is 11.5 Å². The molecule has 8 heteroatoms. The number of aliphatic imine (C=N–C) groups is 1. The predicted molar refractivity (Wildman–Crippen MR) is 118 cm³/mol. The van der Waals surface area contributed by atoms with E-state index in [1.165, 1.54) is 12.8 Å². The van der Waals surface area contributed by atoms with Gasteiger partial charge in [-0.1, -0.05) is 12.8 Å². The van der Waals surface area contributed by atoms with E-state index in [-0.39, 0.29) is 29.9 Å². The highest BCUT2D eigenvalue weighted by Gasteiger charge is 2.16. The van der Waals surface area contributed by atoms with Crippen molar-refractivity contribution in [2.45, 2.75) is 38.1 Å². The van der Waals surface area contributed by atoms with Gasteiger partial charge >= 0.3 is 0 Å². The Hall–Kier alpha value is -1.71. The van der Waals surface area contributed by atoms with E-state index in [1.807, 2.05) is 24.3 Å². The van der Waals surface area contributed by atoms with Crippen LogP contribution >= 0.6 is 24.0 Å². The minimum Gasteiger partial charge on any atom is -0.497 e. The number of carbonyl (C=O) groups is 1. The first-order valence-electron chi connectivity index (χ1n) is 9.22. The van der Waals surface area contributed by atoms with Crippen molar-refractivity contribution in [1.82, 2.24) is 16.0 Å². The van der Waals surface area contributed by atoms with Gasteiger partial charge in [0.25, 0.3) is 0 Å². The number of rotatable bonds is 9. The van der Waals surface area contributed by atoms with Gasteiger partial charge in [-0.3, -0.25) is 9.79 Å². The molecule has 0 aromatic heterocycles. The van der Waals surface area contributed by atoms with E-state index in [0.29, 0.717) is 38.1 Å². The zero-order valence-corrected chi connectivity index (χ0v) is 18.5. The largest absolute Gasteiger partial charge is 0.497 e. The number of amides is 1. The Bertz CT molecular complexity index is 575. The van der Waals surface area contributed by atoms with Gasteiger partial charge in [0.05, 0.1) is 13.7 Å². The Morgan fingerprint density at radius 1 is 1.11 bits per heavy atom. The van der Waals surface area contributed by atoms with Gasteiger partial charge in [0, 0.05) is 26.1 Å². The van der Waals surface area contributed by atoms with Crippen LogP contribution in [0.3, 0.4) is 0 Å². The summed E-state index contributed by atoms with van der Waals surface area (Å²) in [7, 11) is 3.34. The minimum absolute atomic E-state index is 0. The average molecular weight is 490 g/mol. The third-order valence-electron chi connectivity index (χ3n) is 4.31. The maximum Gasteiger partial charge on any atom is 0.221 e. The van der Waals surface area contributed by atoms with Crippen molar-refractivity contribution < 1.29 is 14.3 Å². The molecule has 0 heterocycles. The van der Waals surface area contributed by atoms with Gasteiger partial charge in [-0.2, -0.15) is 0 Å². The Morgan fingerprint density at radius 2 is 1.74 bits per heavy atom. The molecule has 27 heavy (non-hydrogen) atoms. The van der Waals surface area contributed by atoms with Gasteiger partial charge < -0.3 is 25.4 Å². The van der Waals surface area contributed by atoms with Gasteiger partial charge in [0.1, 0.15) is 18.1 Å². The average Bonchev–Trinajstić information content (AvgIpc) is 3.17. The van der Waals surface area contributed by atoms with Crippen molar-refractivity contribution in [3.05, 3.63) is 24.3 Å². The summed E-state index contributed by atoms with van der Waals surface area (Å²) in [5, 5.41) is 9.39. The molecule has 0 atom stereocenters. The highest BCUT2D eigenvalue weighted by Crippen LogP contribution is 2.17. The second-order valence-corrected chi connectivity index (χ2v) is 6.25. The summed E-state index contributed by atoms with van der Waals surface area (Å²) in [6.07, 6.45) is 5.10. The highest BCUT2D eigenvalue weighted by atomic mass is 127. The number of benzene rings is 1. The smallest absolute Gasteiger partial charge is 0.221 e. The molecule has 1 aliphatic carbocycles. The number of hydrogen-bond donors (Lipinski definition) is 3. The molecule has 1 amide bonds. The lowest BCUT2D eigenvalue weighted by Gasteiger charge is -2.14. The Morgan fingerprint density at radius 3 is 2.37 bits per heavy atom. The summed E-state index contributed by atoms with van der Waals surface area (Å²) in [4.78, 5) is 16.0. The maximum absolute atomic E-state index is 11.9. The van der Waals surface area contributed by atoms with Gasteiger partial charge in [0.2, 0.25) is 5.91 Å². The first kappa shape index (κ1) is 23.3. The zero-order chi connectivity index (χ0) is 18.6. The molecule has 0 bridgehead atoms. The van der Waals surface area contributed by atoms with Gasteiger partial charge in [0.15, 0.2) is 5.96 Å². The van der Waals surface area contributed by atoms with Crippen molar-refractivity contribution in [2.75, 3.05) is 33.9 Å². The van der Waals surface area contributed by atoms with Crippen molar-refractivity contribution in [1.29, 1.82) is 0 Å². The van der Waals surface area contributed by atoms with E-state index < -0.39 is 0 Å². The fourth-order valence-electron chi connectivity index (χ4n) is 2.90. The zero-order valence-electron chi connectivity index (χ0n) is 16.1. The van der Waals surface area contributed by atoms with E-state index in [0.717, 1.165) is 24.3 Å². The second kappa shape index (κ2) is 13.5. The van der Waals surface area contributed by atoms with Crippen LogP contribution in [0.25, 0.3) is 0 Å². The Balaban J connectivity index is 0.00000364. The van der Waals surface area contributed by atoms with E-state index >= 15 is 0 Å². The molecule has 0 aliphatic heterocycles.